The second kappa shape index (κ2) is 5.91. The fraction of sp³-hybridized carbons (Fsp3) is 0.750. The van der Waals surface area contributed by atoms with Crippen molar-refractivity contribution in [3.63, 3.8) is 0 Å². The van der Waals surface area contributed by atoms with Crippen LogP contribution in [0, 0.1) is 6.92 Å². The molecule has 0 spiro atoms. The van der Waals surface area contributed by atoms with Gasteiger partial charge in [-0.3, -0.25) is 0 Å². The number of rotatable bonds is 6. The Morgan fingerprint density at radius 3 is 2.41 bits per heavy atom. The summed E-state index contributed by atoms with van der Waals surface area (Å²) in [6.45, 7) is 6.99. The van der Waals surface area contributed by atoms with Gasteiger partial charge in [0.15, 0.2) is 0 Å². The molecule has 5 nitrogen and oxygen atoms in total. The predicted octanol–water partition coefficient (Wildman–Crippen LogP) is 1.18. The molecular formula is C12H25N5. The Bertz CT molecular complexity index is 356. The van der Waals surface area contributed by atoms with Crippen LogP contribution in [0.2, 0.25) is 0 Å². The fourth-order valence-corrected chi connectivity index (χ4v) is 1.81. The van der Waals surface area contributed by atoms with Crippen molar-refractivity contribution >= 4 is 11.5 Å². The van der Waals surface area contributed by atoms with Crippen molar-refractivity contribution in [1.29, 1.82) is 0 Å². The van der Waals surface area contributed by atoms with E-state index in [2.05, 4.69) is 43.0 Å². The molecule has 2 N–H and O–H groups in total. The van der Waals surface area contributed by atoms with Crippen LogP contribution in [0.15, 0.2) is 0 Å². The van der Waals surface area contributed by atoms with Gasteiger partial charge in [0.05, 0.1) is 11.4 Å². The molecule has 0 amide bonds. The molecular weight excluding hydrogens is 214 g/mol. The van der Waals surface area contributed by atoms with E-state index in [0.29, 0.717) is 0 Å². The summed E-state index contributed by atoms with van der Waals surface area (Å²) < 4.78 is 2.01. The van der Waals surface area contributed by atoms with Crippen LogP contribution in [-0.2, 0) is 6.54 Å². The first-order valence-electron chi connectivity index (χ1n) is 6.16. The monoisotopic (exact) mass is 239 g/mol. The average Bonchev–Trinajstić information content (AvgIpc) is 2.52. The maximum atomic E-state index is 6.10. The summed E-state index contributed by atoms with van der Waals surface area (Å²) >= 11 is 0. The number of hydrogen-bond acceptors (Lipinski definition) is 4. The highest BCUT2D eigenvalue weighted by atomic mass is 15.4. The number of nitrogens with two attached hydrogens (primary N) is 1. The van der Waals surface area contributed by atoms with E-state index in [4.69, 9.17) is 5.73 Å². The lowest BCUT2D eigenvalue weighted by molar-refractivity contribution is 0.415. The third-order valence-electron chi connectivity index (χ3n) is 2.83. The smallest absolute Gasteiger partial charge is 0.150 e. The van der Waals surface area contributed by atoms with E-state index in [1.54, 1.807) is 0 Å². The lowest BCUT2D eigenvalue weighted by Gasteiger charge is -2.22. The van der Waals surface area contributed by atoms with Crippen molar-refractivity contribution in [1.82, 2.24) is 14.7 Å². The summed E-state index contributed by atoms with van der Waals surface area (Å²) in [5.41, 5.74) is 7.83. The van der Waals surface area contributed by atoms with Gasteiger partial charge >= 0.3 is 0 Å². The fourth-order valence-electron chi connectivity index (χ4n) is 1.81. The lowest BCUT2D eigenvalue weighted by atomic mass is 10.3. The normalized spacial score (nSPS) is 11.2. The van der Waals surface area contributed by atoms with Crippen LogP contribution >= 0.6 is 0 Å². The first kappa shape index (κ1) is 13.8. The molecule has 0 radical (unpaired) electrons. The minimum Gasteiger partial charge on any atom is -0.394 e. The Morgan fingerprint density at radius 1 is 1.24 bits per heavy atom. The van der Waals surface area contributed by atoms with Crippen molar-refractivity contribution in [2.75, 3.05) is 44.9 Å². The average molecular weight is 239 g/mol. The number of hydrogen-bond donors (Lipinski definition) is 1. The van der Waals surface area contributed by atoms with Crippen LogP contribution in [0.3, 0.4) is 0 Å². The standard InChI is InChI=1S/C12H25N5/c1-6-7-17-12(11(13)10(2)14-17)16(5)9-8-15(3)4/h6-9,13H2,1-5H3. The molecule has 0 aliphatic rings. The van der Waals surface area contributed by atoms with Gasteiger partial charge in [0.1, 0.15) is 5.82 Å². The minimum absolute atomic E-state index is 0.805. The molecule has 98 valence electrons. The van der Waals surface area contributed by atoms with Gasteiger partial charge in [-0.1, -0.05) is 6.92 Å². The molecule has 0 atom stereocenters. The summed E-state index contributed by atoms with van der Waals surface area (Å²) in [7, 11) is 6.22. The second-order valence-corrected chi connectivity index (χ2v) is 4.77. The Hall–Kier alpha value is -1.23. The first-order valence-corrected chi connectivity index (χ1v) is 6.16. The summed E-state index contributed by atoms with van der Waals surface area (Å²) in [6, 6.07) is 0. The molecule has 5 heteroatoms. The van der Waals surface area contributed by atoms with Crippen LogP contribution in [0.5, 0.6) is 0 Å². The molecule has 0 saturated carbocycles. The summed E-state index contributed by atoms with van der Waals surface area (Å²) in [5.74, 6) is 1.05. The number of aryl methyl sites for hydroxylation is 2. The van der Waals surface area contributed by atoms with Gasteiger partial charge in [0.2, 0.25) is 0 Å². The molecule has 17 heavy (non-hydrogen) atoms. The van der Waals surface area contributed by atoms with Gasteiger partial charge in [-0.25, -0.2) is 4.68 Å². The van der Waals surface area contributed by atoms with E-state index < -0.39 is 0 Å². The van der Waals surface area contributed by atoms with E-state index in [9.17, 15) is 0 Å². The van der Waals surface area contributed by atoms with E-state index in [-0.39, 0.29) is 0 Å². The Morgan fingerprint density at radius 2 is 1.88 bits per heavy atom. The van der Waals surface area contributed by atoms with Gasteiger partial charge in [-0.15, -0.1) is 0 Å². The largest absolute Gasteiger partial charge is 0.394 e. The summed E-state index contributed by atoms with van der Waals surface area (Å²) in [5, 5.41) is 4.48. The zero-order valence-corrected chi connectivity index (χ0v) is 11.7. The maximum absolute atomic E-state index is 6.10. The molecule has 1 aromatic rings. The van der Waals surface area contributed by atoms with Gasteiger partial charge in [-0.2, -0.15) is 5.10 Å². The number of nitrogen functional groups attached to an aromatic ring is 1. The van der Waals surface area contributed by atoms with Gasteiger partial charge in [0, 0.05) is 26.7 Å². The highest BCUT2D eigenvalue weighted by molar-refractivity contribution is 5.65. The number of likely N-dealkylation sites (N-methyl/N-ethyl adjacent to an activating group) is 2. The summed E-state index contributed by atoms with van der Waals surface area (Å²) in [4.78, 5) is 4.35. The molecule has 1 aromatic heterocycles. The second-order valence-electron chi connectivity index (χ2n) is 4.77. The number of nitrogens with zero attached hydrogens (tertiary/aromatic N) is 4. The minimum atomic E-state index is 0.805. The van der Waals surface area contributed by atoms with Crippen LogP contribution in [-0.4, -0.2) is 48.9 Å². The maximum Gasteiger partial charge on any atom is 0.150 e. The topological polar surface area (TPSA) is 50.3 Å². The Kier molecular flexibility index (Phi) is 4.81. The van der Waals surface area contributed by atoms with Crippen LogP contribution < -0.4 is 10.6 Å². The van der Waals surface area contributed by atoms with Crippen LogP contribution in [0.1, 0.15) is 19.0 Å². The third kappa shape index (κ3) is 3.36. The zero-order chi connectivity index (χ0) is 13.0. The Labute approximate surface area is 104 Å². The van der Waals surface area contributed by atoms with Crippen LogP contribution in [0.25, 0.3) is 0 Å². The van der Waals surface area contributed by atoms with Crippen molar-refractivity contribution in [2.24, 2.45) is 0 Å². The number of aromatic nitrogens is 2. The van der Waals surface area contributed by atoms with Crippen molar-refractivity contribution in [2.45, 2.75) is 26.8 Å². The van der Waals surface area contributed by atoms with E-state index >= 15 is 0 Å². The molecule has 0 saturated heterocycles. The number of anilines is 2. The molecule has 0 aliphatic heterocycles. The van der Waals surface area contributed by atoms with Gasteiger partial charge < -0.3 is 15.5 Å². The zero-order valence-electron chi connectivity index (χ0n) is 11.7. The quantitative estimate of drug-likeness (QED) is 0.810. The Balaban J connectivity index is 2.86. The molecule has 0 aromatic carbocycles. The lowest BCUT2D eigenvalue weighted by Crippen LogP contribution is -2.30. The highest BCUT2D eigenvalue weighted by Crippen LogP contribution is 2.25. The van der Waals surface area contributed by atoms with Crippen LogP contribution in [0.4, 0.5) is 11.5 Å². The molecule has 1 rings (SSSR count). The molecule has 0 fully saturated rings. The van der Waals surface area contributed by atoms with Gasteiger partial charge in [-0.05, 0) is 27.4 Å². The molecule has 0 bridgehead atoms. The van der Waals surface area contributed by atoms with E-state index in [1.807, 2.05) is 11.6 Å². The van der Waals surface area contributed by atoms with Crippen molar-refractivity contribution in [3.05, 3.63) is 5.69 Å². The van der Waals surface area contributed by atoms with Crippen molar-refractivity contribution in [3.8, 4) is 0 Å². The van der Waals surface area contributed by atoms with E-state index in [1.165, 1.54) is 0 Å². The molecule has 0 unspecified atom stereocenters. The van der Waals surface area contributed by atoms with E-state index in [0.717, 1.165) is 43.3 Å². The third-order valence-corrected chi connectivity index (χ3v) is 2.83. The predicted molar refractivity (Wildman–Crippen MR) is 73.5 cm³/mol. The summed E-state index contributed by atoms with van der Waals surface area (Å²) in [6.07, 6.45) is 1.06. The molecule has 1 heterocycles. The highest BCUT2D eigenvalue weighted by Gasteiger charge is 2.15. The van der Waals surface area contributed by atoms with Gasteiger partial charge in [0.25, 0.3) is 0 Å². The SMILES string of the molecule is CCCn1nc(C)c(N)c1N(C)CCN(C)C. The first-order chi connectivity index (χ1) is 7.97. The molecule has 0 aliphatic carbocycles. The van der Waals surface area contributed by atoms with Crippen molar-refractivity contribution < 1.29 is 0 Å².